The van der Waals surface area contributed by atoms with Crippen LogP contribution in [0.5, 0.6) is 0 Å². The standard InChI is InChI=1S/C15H12F3NO2/c16-15(17,18)12-6-7-13(19-9-12)11-4-1-10(2-5-11)3-8-14(20)21/h1-2,4-7,9H,3,8H2,(H,20,21). The Morgan fingerprint density at radius 2 is 1.76 bits per heavy atom. The molecule has 0 bridgehead atoms. The highest BCUT2D eigenvalue weighted by molar-refractivity contribution is 5.67. The van der Waals surface area contributed by atoms with Gasteiger partial charge in [0.05, 0.1) is 11.3 Å². The molecule has 1 aromatic heterocycles. The lowest BCUT2D eigenvalue weighted by Crippen LogP contribution is -2.05. The predicted octanol–water partition coefficient (Wildman–Crippen LogP) is 3.78. The minimum Gasteiger partial charge on any atom is -0.481 e. The van der Waals surface area contributed by atoms with Gasteiger partial charge in [0.15, 0.2) is 0 Å². The second-order valence-electron chi connectivity index (χ2n) is 4.52. The number of pyridine rings is 1. The molecule has 0 saturated carbocycles. The van der Waals surface area contributed by atoms with Crippen molar-refractivity contribution in [2.75, 3.05) is 0 Å². The predicted molar refractivity (Wildman–Crippen MR) is 70.6 cm³/mol. The Bertz CT molecular complexity index is 619. The summed E-state index contributed by atoms with van der Waals surface area (Å²) in [4.78, 5) is 14.3. The Labute approximate surface area is 119 Å². The van der Waals surface area contributed by atoms with Crippen LogP contribution in [-0.4, -0.2) is 16.1 Å². The Morgan fingerprint density at radius 1 is 1.10 bits per heavy atom. The van der Waals surface area contributed by atoms with Crippen LogP contribution in [-0.2, 0) is 17.4 Å². The van der Waals surface area contributed by atoms with E-state index in [1.54, 1.807) is 24.3 Å². The second-order valence-corrected chi connectivity index (χ2v) is 4.52. The number of halogens is 3. The highest BCUT2D eigenvalue weighted by Crippen LogP contribution is 2.29. The van der Waals surface area contributed by atoms with Crippen molar-refractivity contribution in [3.05, 3.63) is 53.7 Å². The first-order valence-electron chi connectivity index (χ1n) is 6.20. The van der Waals surface area contributed by atoms with Crippen molar-refractivity contribution in [3.63, 3.8) is 0 Å². The molecule has 0 aliphatic heterocycles. The van der Waals surface area contributed by atoms with Gasteiger partial charge in [0.2, 0.25) is 0 Å². The van der Waals surface area contributed by atoms with E-state index in [9.17, 15) is 18.0 Å². The zero-order valence-electron chi connectivity index (χ0n) is 10.9. The van der Waals surface area contributed by atoms with E-state index >= 15 is 0 Å². The lowest BCUT2D eigenvalue weighted by Gasteiger charge is -2.07. The number of carboxylic acid groups (broad SMARTS) is 1. The molecule has 3 nitrogen and oxygen atoms in total. The van der Waals surface area contributed by atoms with Crippen LogP contribution in [0.25, 0.3) is 11.3 Å². The summed E-state index contributed by atoms with van der Waals surface area (Å²) in [6.45, 7) is 0. The van der Waals surface area contributed by atoms with Crippen LogP contribution in [0.3, 0.4) is 0 Å². The van der Waals surface area contributed by atoms with Crippen LogP contribution in [0.4, 0.5) is 13.2 Å². The van der Waals surface area contributed by atoms with Gasteiger partial charge >= 0.3 is 12.1 Å². The molecular formula is C15H12F3NO2. The Balaban J connectivity index is 2.13. The summed E-state index contributed by atoms with van der Waals surface area (Å²) < 4.78 is 37.3. The summed E-state index contributed by atoms with van der Waals surface area (Å²) >= 11 is 0. The number of aliphatic carboxylic acids is 1. The van der Waals surface area contributed by atoms with Crippen LogP contribution in [0.2, 0.25) is 0 Å². The molecule has 0 aliphatic carbocycles. The highest BCUT2D eigenvalue weighted by Gasteiger charge is 2.30. The molecular weight excluding hydrogens is 283 g/mol. The zero-order chi connectivity index (χ0) is 15.5. The maximum absolute atomic E-state index is 12.4. The molecule has 0 fully saturated rings. The number of nitrogens with zero attached hydrogens (tertiary/aromatic N) is 1. The number of carboxylic acids is 1. The fourth-order valence-corrected chi connectivity index (χ4v) is 1.83. The average molecular weight is 295 g/mol. The van der Waals surface area contributed by atoms with Gasteiger partial charge in [0, 0.05) is 18.2 Å². The first-order valence-corrected chi connectivity index (χ1v) is 6.20. The lowest BCUT2D eigenvalue weighted by atomic mass is 10.0. The Morgan fingerprint density at radius 3 is 2.24 bits per heavy atom. The molecule has 1 N–H and O–H groups in total. The lowest BCUT2D eigenvalue weighted by molar-refractivity contribution is -0.138. The van der Waals surface area contributed by atoms with E-state index in [1.165, 1.54) is 6.07 Å². The van der Waals surface area contributed by atoms with Gasteiger partial charge in [-0.05, 0) is 24.1 Å². The van der Waals surface area contributed by atoms with Crippen molar-refractivity contribution in [1.29, 1.82) is 0 Å². The van der Waals surface area contributed by atoms with Gasteiger partial charge in [-0.1, -0.05) is 24.3 Å². The van der Waals surface area contributed by atoms with E-state index in [0.29, 0.717) is 17.7 Å². The number of aryl methyl sites for hydroxylation is 1. The van der Waals surface area contributed by atoms with E-state index in [4.69, 9.17) is 5.11 Å². The molecule has 2 aromatic rings. The summed E-state index contributed by atoms with van der Waals surface area (Å²) in [5, 5.41) is 8.60. The van der Waals surface area contributed by atoms with E-state index in [-0.39, 0.29) is 6.42 Å². The molecule has 21 heavy (non-hydrogen) atoms. The quantitative estimate of drug-likeness (QED) is 0.933. The first-order chi connectivity index (χ1) is 9.86. The normalized spacial score (nSPS) is 11.4. The minimum absolute atomic E-state index is 0.0396. The number of aromatic nitrogens is 1. The van der Waals surface area contributed by atoms with Crippen molar-refractivity contribution in [2.24, 2.45) is 0 Å². The van der Waals surface area contributed by atoms with Crippen molar-refractivity contribution in [1.82, 2.24) is 4.98 Å². The van der Waals surface area contributed by atoms with E-state index in [0.717, 1.165) is 17.8 Å². The SMILES string of the molecule is O=C(O)CCc1ccc(-c2ccc(C(F)(F)F)cn2)cc1. The minimum atomic E-state index is -4.40. The molecule has 110 valence electrons. The van der Waals surface area contributed by atoms with Gasteiger partial charge < -0.3 is 5.11 Å². The number of rotatable bonds is 4. The molecule has 2 rings (SSSR count). The van der Waals surface area contributed by atoms with Gasteiger partial charge in [-0.25, -0.2) is 0 Å². The maximum atomic E-state index is 12.4. The van der Waals surface area contributed by atoms with Gasteiger partial charge in [0.25, 0.3) is 0 Å². The second kappa shape index (κ2) is 5.95. The molecule has 0 radical (unpaired) electrons. The van der Waals surface area contributed by atoms with E-state index < -0.39 is 17.7 Å². The summed E-state index contributed by atoms with van der Waals surface area (Å²) in [6.07, 6.45) is -3.15. The Hall–Kier alpha value is -2.37. The molecule has 0 atom stereocenters. The summed E-state index contributed by atoms with van der Waals surface area (Å²) in [7, 11) is 0. The topological polar surface area (TPSA) is 50.2 Å². The first kappa shape index (κ1) is 15.0. The molecule has 0 unspecified atom stereocenters. The van der Waals surface area contributed by atoms with Crippen LogP contribution in [0, 0.1) is 0 Å². The fraction of sp³-hybridized carbons (Fsp3) is 0.200. The fourth-order valence-electron chi connectivity index (χ4n) is 1.83. The van der Waals surface area contributed by atoms with Crippen LogP contribution in [0.15, 0.2) is 42.6 Å². The van der Waals surface area contributed by atoms with Gasteiger partial charge in [-0.15, -0.1) is 0 Å². The van der Waals surface area contributed by atoms with Gasteiger partial charge in [0.1, 0.15) is 0 Å². The number of carbonyl (C=O) groups is 1. The number of hydrogen-bond acceptors (Lipinski definition) is 2. The van der Waals surface area contributed by atoms with E-state index in [2.05, 4.69) is 4.98 Å². The third-order valence-electron chi connectivity index (χ3n) is 2.97. The number of alkyl halides is 3. The van der Waals surface area contributed by atoms with Crippen LogP contribution in [0.1, 0.15) is 17.5 Å². The maximum Gasteiger partial charge on any atom is 0.417 e. The summed E-state index contributed by atoms with van der Waals surface area (Å²) in [5.41, 5.74) is 1.19. The number of hydrogen-bond donors (Lipinski definition) is 1. The van der Waals surface area contributed by atoms with Crippen LogP contribution >= 0.6 is 0 Å². The van der Waals surface area contributed by atoms with E-state index in [1.807, 2.05) is 0 Å². The van der Waals surface area contributed by atoms with Crippen molar-refractivity contribution >= 4 is 5.97 Å². The van der Waals surface area contributed by atoms with Crippen LogP contribution < -0.4 is 0 Å². The summed E-state index contributed by atoms with van der Waals surface area (Å²) in [5.74, 6) is -0.872. The highest BCUT2D eigenvalue weighted by atomic mass is 19.4. The molecule has 0 spiro atoms. The molecule has 0 saturated heterocycles. The van der Waals surface area contributed by atoms with Crippen molar-refractivity contribution in [2.45, 2.75) is 19.0 Å². The zero-order valence-corrected chi connectivity index (χ0v) is 10.9. The third-order valence-corrected chi connectivity index (χ3v) is 2.97. The molecule has 0 aliphatic rings. The molecule has 1 aromatic carbocycles. The average Bonchev–Trinajstić information content (AvgIpc) is 2.45. The molecule has 1 heterocycles. The Kier molecular flexibility index (Phi) is 4.26. The third kappa shape index (κ3) is 4.05. The molecule has 0 amide bonds. The summed E-state index contributed by atoms with van der Waals surface area (Å²) in [6, 6.07) is 9.23. The smallest absolute Gasteiger partial charge is 0.417 e. The van der Waals surface area contributed by atoms with Crippen molar-refractivity contribution in [3.8, 4) is 11.3 Å². The monoisotopic (exact) mass is 295 g/mol. The van der Waals surface area contributed by atoms with Crippen molar-refractivity contribution < 1.29 is 23.1 Å². The van der Waals surface area contributed by atoms with Gasteiger partial charge in [-0.3, -0.25) is 9.78 Å². The largest absolute Gasteiger partial charge is 0.481 e. The van der Waals surface area contributed by atoms with Gasteiger partial charge in [-0.2, -0.15) is 13.2 Å². The molecule has 6 heteroatoms. The number of benzene rings is 1.